The number of imidazole rings is 1. The van der Waals surface area contributed by atoms with Gasteiger partial charge in [0.05, 0.1) is 17.6 Å². The molecular weight excluding hydrogens is 356 g/mol. The van der Waals surface area contributed by atoms with Gasteiger partial charge in [0.1, 0.15) is 12.1 Å². The summed E-state index contributed by atoms with van der Waals surface area (Å²) in [5.74, 6) is 0.645. The molecule has 0 bridgehead atoms. The monoisotopic (exact) mass is 368 g/mol. The fourth-order valence-corrected chi connectivity index (χ4v) is 3.47. The Morgan fingerprint density at radius 1 is 1.22 bits per heavy atom. The van der Waals surface area contributed by atoms with E-state index in [0.717, 1.165) is 27.2 Å². The molecule has 1 aliphatic rings. The highest BCUT2D eigenvalue weighted by Gasteiger charge is 2.31. The molecule has 1 N–H and O–H groups in total. The molecule has 0 saturated heterocycles. The van der Waals surface area contributed by atoms with E-state index in [-0.39, 0.29) is 11.8 Å². The van der Waals surface area contributed by atoms with Gasteiger partial charge in [-0.05, 0) is 23.8 Å². The number of halogens is 1. The normalized spacial score (nSPS) is 16.7. The Hall–Kier alpha value is -2.47. The van der Waals surface area contributed by atoms with Crippen LogP contribution < -0.4 is 5.32 Å². The second-order valence-corrected chi connectivity index (χ2v) is 6.24. The number of anilines is 1. The highest BCUT2D eigenvalue weighted by atomic mass is 79.9. The molecule has 0 fully saturated rings. The van der Waals surface area contributed by atoms with Gasteiger partial charge in [0.25, 0.3) is 0 Å². The first kappa shape index (κ1) is 14.1. The lowest BCUT2D eigenvalue weighted by molar-refractivity contribution is -0.116. The molecule has 3 aromatic rings. The summed E-state index contributed by atoms with van der Waals surface area (Å²) in [6.07, 6.45) is 5.59. The van der Waals surface area contributed by atoms with Crippen LogP contribution in [0.4, 0.5) is 5.82 Å². The van der Waals surface area contributed by atoms with E-state index in [1.165, 1.54) is 0 Å². The van der Waals surface area contributed by atoms with E-state index in [4.69, 9.17) is 0 Å². The van der Waals surface area contributed by atoms with Crippen LogP contribution in [0, 0.1) is 0 Å². The molecule has 1 aromatic carbocycles. The van der Waals surface area contributed by atoms with Crippen LogP contribution in [-0.4, -0.2) is 20.4 Å². The van der Waals surface area contributed by atoms with Gasteiger partial charge >= 0.3 is 0 Å². The molecule has 23 heavy (non-hydrogen) atoms. The molecule has 114 valence electrons. The Morgan fingerprint density at radius 3 is 2.87 bits per heavy atom. The van der Waals surface area contributed by atoms with Crippen molar-refractivity contribution in [1.82, 2.24) is 14.5 Å². The minimum atomic E-state index is -0.0627. The standard InChI is InChI=1S/C17H13BrN4O/c18-14-6-2-1-5-12(14)13-8-15(23)21-17-16(13)20-10-22(17)11-4-3-7-19-9-11/h1-7,9-10,13H,8H2,(H,21,23). The van der Waals surface area contributed by atoms with Crippen LogP contribution >= 0.6 is 15.9 Å². The maximum atomic E-state index is 12.2. The second-order valence-electron chi connectivity index (χ2n) is 5.39. The molecule has 0 saturated carbocycles. The number of hydrogen-bond donors (Lipinski definition) is 1. The van der Waals surface area contributed by atoms with E-state index in [0.29, 0.717) is 6.42 Å². The number of hydrogen-bond acceptors (Lipinski definition) is 3. The first-order valence-electron chi connectivity index (χ1n) is 7.26. The quantitative estimate of drug-likeness (QED) is 0.752. The van der Waals surface area contributed by atoms with Gasteiger partial charge in [0.2, 0.25) is 5.91 Å². The second kappa shape index (κ2) is 5.62. The summed E-state index contributed by atoms with van der Waals surface area (Å²) in [6.45, 7) is 0. The SMILES string of the molecule is O=C1CC(c2ccccc2Br)c2ncn(-c3cccnc3)c2N1. The van der Waals surface area contributed by atoms with Gasteiger partial charge in [-0.2, -0.15) is 0 Å². The number of rotatable bonds is 2. The predicted molar refractivity (Wildman–Crippen MR) is 90.6 cm³/mol. The Bertz CT molecular complexity index is 875. The number of aromatic nitrogens is 3. The van der Waals surface area contributed by atoms with Crippen LogP contribution in [0.15, 0.2) is 59.6 Å². The molecule has 0 spiro atoms. The zero-order valence-electron chi connectivity index (χ0n) is 12.1. The predicted octanol–water partition coefficient (Wildman–Crippen LogP) is 3.50. The van der Waals surface area contributed by atoms with E-state index >= 15 is 0 Å². The highest BCUT2D eigenvalue weighted by molar-refractivity contribution is 9.10. The molecule has 1 aliphatic heterocycles. The van der Waals surface area contributed by atoms with Gasteiger partial charge in [0.15, 0.2) is 0 Å². The fourth-order valence-electron chi connectivity index (χ4n) is 2.91. The number of carbonyl (C=O) groups is 1. The lowest BCUT2D eigenvalue weighted by Gasteiger charge is -2.24. The number of nitrogens with one attached hydrogen (secondary N) is 1. The number of benzene rings is 1. The third-order valence-corrected chi connectivity index (χ3v) is 4.70. The molecule has 3 heterocycles. The molecule has 6 heteroatoms. The summed E-state index contributed by atoms with van der Waals surface area (Å²) in [5.41, 5.74) is 2.81. The van der Waals surface area contributed by atoms with E-state index in [2.05, 4.69) is 31.2 Å². The summed E-state index contributed by atoms with van der Waals surface area (Å²) in [7, 11) is 0. The molecule has 1 unspecified atom stereocenters. The number of nitrogens with zero attached hydrogens (tertiary/aromatic N) is 3. The van der Waals surface area contributed by atoms with Gasteiger partial charge in [0, 0.05) is 23.0 Å². The van der Waals surface area contributed by atoms with Gasteiger partial charge in [-0.15, -0.1) is 0 Å². The zero-order valence-corrected chi connectivity index (χ0v) is 13.7. The van der Waals surface area contributed by atoms with Crippen LogP contribution in [0.2, 0.25) is 0 Å². The van der Waals surface area contributed by atoms with E-state index in [1.54, 1.807) is 18.7 Å². The molecule has 0 aliphatic carbocycles. The highest BCUT2D eigenvalue weighted by Crippen LogP contribution is 2.39. The smallest absolute Gasteiger partial charge is 0.226 e. The first-order chi connectivity index (χ1) is 11.2. The van der Waals surface area contributed by atoms with Crippen LogP contribution in [0.1, 0.15) is 23.6 Å². The Balaban J connectivity index is 1.85. The number of carbonyl (C=O) groups excluding carboxylic acids is 1. The molecule has 1 amide bonds. The van der Waals surface area contributed by atoms with Crippen molar-refractivity contribution in [1.29, 1.82) is 0 Å². The van der Waals surface area contributed by atoms with Crippen molar-refractivity contribution in [3.8, 4) is 5.69 Å². The van der Waals surface area contributed by atoms with Crippen molar-refractivity contribution >= 4 is 27.7 Å². The third kappa shape index (κ3) is 2.45. The van der Waals surface area contributed by atoms with Crippen LogP contribution in [0.5, 0.6) is 0 Å². The molecule has 0 radical (unpaired) electrons. The molecule has 5 nitrogen and oxygen atoms in total. The molecule has 1 atom stereocenters. The summed E-state index contributed by atoms with van der Waals surface area (Å²) < 4.78 is 2.85. The Labute approximate surface area is 141 Å². The number of fused-ring (bicyclic) bond motifs is 1. The Morgan fingerprint density at radius 2 is 2.09 bits per heavy atom. The lowest BCUT2D eigenvalue weighted by atomic mass is 9.90. The minimum absolute atomic E-state index is 0.0103. The maximum absolute atomic E-state index is 12.2. The van der Waals surface area contributed by atoms with E-state index < -0.39 is 0 Å². The van der Waals surface area contributed by atoms with Gasteiger partial charge in [-0.3, -0.25) is 14.3 Å². The van der Waals surface area contributed by atoms with Crippen LogP contribution in [-0.2, 0) is 4.79 Å². The number of pyridine rings is 1. The lowest BCUT2D eigenvalue weighted by Crippen LogP contribution is -2.25. The average molecular weight is 369 g/mol. The van der Waals surface area contributed by atoms with E-state index in [9.17, 15) is 4.79 Å². The van der Waals surface area contributed by atoms with Gasteiger partial charge in [-0.1, -0.05) is 34.1 Å². The van der Waals surface area contributed by atoms with Gasteiger partial charge < -0.3 is 5.32 Å². The third-order valence-electron chi connectivity index (χ3n) is 3.98. The average Bonchev–Trinajstić information content (AvgIpc) is 2.99. The Kier molecular flexibility index (Phi) is 3.46. The van der Waals surface area contributed by atoms with Crippen LogP contribution in [0.3, 0.4) is 0 Å². The molecule has 2 aromatic heterocycles. The fraction of sp³-hybridized carbons (Fsp3) is 0.118. The largest absolute Gasteiger partial charge is 0.310 e. The summed E-state index contributed by atoms with van der Waals surface area (Å²) >= 11 is 3.58. The topological polar surface area (TPSA) is 59.8 Å². The van der Waals surface area contributed by atoms with Crippen molar-refractivity contribution in [2.75, 3.05) is 5.32 Å². The van der Waals surface area contributed by atoms with Crippen molar-refractivity contribution in [3.63, 3.8) is 0 Å². The summed E-state index contributed by atoms with van der Waals surface area (Å²) in [4.78, 5) is 20.9. The van der Waals surface area contributed by atoms with Gasteiger partial charge in [-0.25, -0.2) is 4.98 Å². The number of amides is 1. The van der Waals surface area contributed by atoms with Crippen molar-refractivity contribution in [3.05, 3.63) is 70.8 Å². The zero-order chi connectivity index (χ0) is 15.8. The van der Waals surface area contributed by atoms with Crippen molar-refractivity contribution < 1.29 is 4.79 Å². The summed E-state index contributed by atoms with van der Waals surface area (Å²) in [6, 6.07) is 11.7. The molecule has 4 rings (SSSR count). The van der Waals surface area contributed by atoms with Crippen molar-refractivity contribution in [2.24, 2.45) is 0 Å². The minimum Gasteiger partial charge on any atom is -0.310 e. The molecular formula is C17H13BrN4O. The van der Waals surface area contributed by atoms with Crippen molar-refractivity contribution in [2.45, 2.75) is 12.3 Å². The summed E-state index contributed by atoms with van der Waals surface area (Å²) in [5, 5.41) is 2.94. The van der Waals surface area contributed by atoms with E-state index in [1.807, 2.05) is 41.0 Å². The first-order valence-corrected chi connectivity index (χ1v) is 8.05. The maximum Gasteiger partial charge on any atom is 0.226 e. The van der Waals surface area contributed by atoms with Crippen LogP contribution in [0.25, 0.3) is 5.69 Å².